The Bertz CT molecular complexity index is 1700. The molecule has 516 valence electrons. The van der Waals surface area contributed by atoms with Crippen molar-refractivity contribution in [3.8, 4) is 0 Å². The molecule has 0 aromatic heterocycles. The molecule has 0 spiro atoms. The van der Waals surface area contributed by atoms with Gasteiger partial charge in [-0.05, 0) is 37.5 Å². The molecule has 2 unspecified atom stereocenters. The maximum absolute atomic E-state index is 13.0. The Hall–Kier alpha value is -1.94. The number of phosphoric ester groups is 2. The first-order valence-corrected chi connectivity index (χ1v) is 38.5. The third-order valence-electron chi connectivity index (χ3n) is 15.7. The number of esters is 4. The highest BCUT2D eigenvalue weighted by atomic mass is 31.2. The molecule has 0 bridgehead atoms. The Morgan fingerprint density at radius 2 is 0.529 bits per heavy atom. The summed E-state index contributed by atoms with van der Waals surface area (Å²) >= 11 is 0. The van der Waals surface area contributed by atoms with E-state index in [0.29, 0.717) is 31.6 Å². The lowest BCUT2D eigenvalue weighted by Crippen LogP contribution is -2.30. The fourth-order valence-corrected chi connectivity index (χ4v) is 11.8. The van der Waals surface area contributed by atoms with E-state index >= 15 is 0 Å². The van der Waals surface area contributed by atoms with Gasteiger partial charge in [-0.2, -0.15) is 0 Å². The topological polar surface area (TPSA) is 237 Å². The Labute approximate surface area is 530 Å². The minimum atomic E-state index is -4.95. The Morgan fingerprint density at radius 1 is 0.310 bits per heavy atom. The van der Waals surface area contributed by atoms with Crippen molar-refractivity contribution >= 4 is 39.5 Å². The predicted molar refractivity (Wildman–Crippen MR) is 349 cm³/mol. The molecule has 0 fully saturated rings. The summed E-state index contributed by atoms with van der Waals surface area (Å²) in [5.41, 5.74) is 0. The lowest BCUT2D eigenvalue weighted by Gasteiger charge is -2.21. The van der Waals surface area contributed by atoms with Crippen LogP contribution in [0.1, 0.15) is 343 Å². The number of aliphatic hydroxyl groups excluding tert-OH is 1. The number of aliphatic hydroxyl groups is 1. The zero-order chi connectivity index (χ0) is 64.3. The van der Waals surface area contributed by atoms with Gasteiger partial charge in [0.05, 0.1) is 26.4 Å². The van der Waals surface area contributed by atoms with Crippen LogP contribution < -0.4 is 0 Å². The highest BCUT2D eigenvalue weighted by molar-refractivity contribution is 7.47. The predicted octanol–water partition coefficient (Wildman–Crippen LogP) is 19.2. The van der Waals surface area contributed by atoms with E-state index in [1.807, 2.05) is 0 Å². The monoisotopic (exact) mass is 1280 g/mol. The van der Waals surface area contributed by atoms with Crippen LogP contribution in [0.15, 0.2) is 0 Å². The fraction of sp³-hybridized carbons (Fsp3) is 0.941. The maximum Gasteiger partial charge on any atom is 0.472 e. The molecule has 0 aromatic rings. The summed E-state index contributed by atoms with van der Waals surface area (Å²) in [6.07, 6.45) is 44.5. The van der Waals surface area contributed by atoms with Gasteiger partial charge in [0.2, 0.25) is 0 Å². The standard InChI is InChI=1S/C68H132O17P2/c1-7-9-11-13-15-17-19-20-21-23-29-33-41-47-53-68(73)84-63(56-78-65(70)50-44-38-31-27-25-24-26-30-36-42-48-60(3)4)58-82-86(74,75)80-54-62(69)55-81-87(76,77)83-59-64(57-79-66(71)51-45-39-35-34-37-43-49-61(5)6)85-67(72)52-46-40-32-28-22-18-16-14-12-10-8-2/h60-64,69H,7-59H2,1-6H3,(H,74,75)(H,76,77)/t62-,63-,64-/m1/s1. The van der Waals surface area contributed by atoms with Crippen LogP contribution in [0.4, 0.5) is 0 Å². The highest BCUT2D eigenvalue weighted by Crippen LogP contribution is 2.45. The number of phosphoric acid groups is 2. The lowest BCUT2D eigenvalue weighted by molar-refractivity contribution is -0.161. The molecular weight excluding hydrogens is 1150 g/mol. The van der Waals surface area contributed by atoms with Gasteiger partial charge in [-0.1, -0.05) is 292 Å². The summed E-state index contributed by atoms with van der Waals surface area (Å²) in [6.45, 7) is 9.44. The summed E-state index contributed by atoms with van der Waals surface area (Å²) in [6, 6.07) is 0. The highest BCUT2D eigenvalue weighted by Gasteiger charge is 2.30. The van der Waals surface area contributed by atoms with E-state index in [1.165, 1.54) is 154 Å². The Balaban J connectivity index is 5.24. The summed E-state index contributed by atoms with van der Waals surface area (Å²) in [7, 11) is -9.89. The number of carbonyl (C=O) groups is 4. The van der Waals surface area contributed by atoms with Crippen LogP contribution in [0.3, 0.4) is 0 Å². The zero-order valence-corrected chi connectivity index (χ0v) is 58.1. The van der Waals surface area contributed by atoms with Crippen molar-refractivity contribution in [1.29, 1.82) is 0 Å². The maximum atomic E-state index is 13.0. The van der Waals surface area contributed by atoms with Crippen LogP contribution in [0.2, 0.25) is 0 Å². The second-order valence-electron chi connectivity index (χ2n) is 25.5. The van der Waals surface area contributed by atoms with Gasteiger partial charge in [0.25, 0.3) is 0 Å². The third kappa shape index (κ3) is 62.6. The van der Waals surface area contributed by atoms with Crippen LogP contribution >= 0.6 is 15.6 Å². The van der Waals surface area contributed by atoms with Gasteiger partial charge in [0.1, 0.15) is 19.3 Å². The first kappa shape index (κ1) is 85.1. The van der Waals surface area contributed by atoms with E-state index in [9.17, 15) is 43.2 Å². The average molecular weight is 1280 g/mol. The second kappa shape index (κ2) is 60.3. The number of carbonyl (C=O) groups excluding carboxylic acids is 4. The minimum Gasteiger partial charge on any atom is -0.462 e. The first-order valence-electron chi connectivity index (χ1n) is 35.5. The number of hydrogen-bond acceptors (Lipinski definition) is 15. The number of rotatable bonds is 67. The van der Waals surface area contributed by atoms with E-state index in [1.54, 1.807) is 0 Å². The molecule has 0 aromatic carbocycles. The molecule has 19 heteroatoms. The average Bonchev–Trinajstić information content (AvgIpc) is 3.69. The summed E-state index contributed by atoms with van der Waals surface area (Å²) in [4.78, 5) is 72.4. The van der Waals surface area contributed by atoms with Crippen LogP contribution in [0, 0.1) is 11.8 Å². The summed E-state index contributed by atoms with van der Waals surface area (Å²) < 4.78 is 68.2. The largest absolute Gasteiger partial charge is 0.472 e. The fourth-order valence-electron chi connectivity index (χ4n) is 10.2. The molecule has 0 aliphatic carbocycles. The zero-order valence-electron chi connectivity index (χ0n) is 56.3. The molecule has 17 nitrogen and oxygen atoms in total. The molecule has 3 N–H and O–H groups in total. The first-order chi connectivity index (χ1) is 41.9. The molecular formula is C68H132O17P2. The van der Waals surface area contributed by atoms with Crippen molar-refractivity contribution in [2.75, 3.05) is 39.6 Å². The van der Waals surface area contributed by atoms with Crippen molar-refractivity contribution in [3.63, 3.8) is 0 Å². The van der Waals surface area contributed by atoms with Gasteiger partial charge in [-0.15, -0.1) is 0 Å². The van der Waals surface area contributed by atoms with Crippen LogP contribution in [-0.2, 0) is 65.4 Å². The van der Waals surface area contributed by atoms with E-state index in [2.05, 4.69) is 41.5 Å². The van der Waals surface area contributed by atoms with Crippen LogP contribution in [0.25, 0.3) is 0 Å². The molecule has 0 radical (unpaired) electrons. The number of hydrogen-bond donors (Lipinski definition) is 3. The Morgan fingerprint density at radius 3 is 0.782 bits per heavy atom. The van der Waals surface area contributed by atoms with Gasteiger partial charge in [-0.3, -0.25) is 37.3 Å². The van der Waals surface area contributed by atoms with Crippen LogP contribution in [0.5, 0.6) is 0 Å². The molecule has 0 heterocycles. The summed E-state index contributed by atoms with van der Waals surface area (Å²) in [5.74, 6) is -0.689. The molecule has 0 amide bonds. The smallest absolute Gasteiger partial charge is 0.462 e. The van der Waals surface area contributed by atoms with Crippen molar-refractivity contribution in [2.45, 2.75) is 362 Å². The second-order valence-corrected chi connectivity index (χ2v) is 28.4. The molecule has 0 rings (SSSR count). The van der Waals surface area contributed by atoms with Crippen molar-refractivity contribution in [2.24, 2.45) is 11.8 Å². The van der Waals surface area contributed by atoms with Gasteiger partial charge < -0.3 is 33.8 Å². The van der Waals surface area contributed by atoms with E-state index in [-0.39, 0.29) is 25.7 Å². The minimum absolute atomic E-state index is 0.106. The SMILES string of the molecule is CCCCCCCCCCCCCCCCC(=O)O[C@H](COC(=O)CCCCCCCCCCCCC(C)C)COP(=O)(O)OC[C@@H](O)COP(=O)(O)OC[C@@H](COC(=O)CCCCCCCCC(C)C)OC(=O)CCCCCCCCCCCCC. The van der Waals surface area contributed by atoms with E-state index in [0.717, 1.165) is 102 Å². The van der Waals surface area contributed by atoms with Crippen molar-refractivity contribution in [1.82, 2.24) is 0 Å². The molecule has 0 saturated carbocycles. The lowest BCUT2D eigenvalue weighted by atomic mass is 10.0. The normalized spacial score (nSPS) is 14.2. The number of unbranched alkanes of at least 4 members (excludes halogenated alkanes) is 37. The van der Waals surface area contributed by atoms with Gasteiger partial charge in [0.15, 0.2) is 12.2 Å². The molecule has 0 aliphatic heterocycles. The van der Waals surface area contributed by atoms with Gasteiger partial charge in [-0.25, -0.2) is 9.13 Å². The van der Waals surface area contributed by atoms with Gasteiger partial charge in [0, 0.05) is 25.7 Å². The quantitative estimate of drug-likeness (QED) is 0.0222. The Kier molecular flexibility index (Phi) is 59.0. The molecule has 0 aliphatic rings. The molecule has 0 saturated heterocycles. The summed E-state index contributed by atoms with van der Waals surface area (Å²) in [5, 5.41) is 10.6. The van der Waals surface area contributed by atoms with E-state index in [4.69, 9.17) is 37.0 Å². The molecule has 5 atom stereocenters. The molecule has 87 heavy (non-hydrogen) atoms. The number of ether oxygens (including phenoxy) is 4. The van der Waals surface area contributed by atoms with Crippen molar-refractivity contribution in [3.05, 3.63) is 0 Å². The van der Waals surface area contributed by atoms with E-state index < -0.39 is 97.5 Å². The van der Waals surface area contributed by atoms with Crippen LogP contribution in [-0.4, -0.2) is 96.7 Å². The third-order valence-corrected chi connectivity index (χ3v) is 17.6. The van der Waals surface area contributed by atoms with Crippen molar-refractivity contribution < 1.29 is 80.2 Å². The van der Waals surface area contributed by atoms with Gasteiger partial charge >= 0.3 is 39.5 Å².